The normalized spacial score (nSPS) is 17.4. The van der Waals surface area contributed by atoms with Gasteiger partial charge in [0.1, 0.15) is 0 Å². The quantitative estimate of drug-likeness (QED) is 0.888. The minimum atomic E-state index is -3.63. The van der Waals surface area contributed by atoms with E-state index in [0.717, 1.165) is 18.5 Å². The molecule has 1 heterocycles. The van der Waals surface area contributed by atoms with E-state index in [4.69, 9.17) is 5.26 Å². The number of aromatic nitrogens is 1. The maximum absolute atomic E-state index is 11.8. The molecule has 0 saturated heterocycles. The van der Waals surface area contributed by atoms with Gasteiger partial charge in [-0.2, -0.15) is 5.26 Å². The van der Waals surface area contributed by atoms with Crippen LogP contribution in [0.3, 0.4) is 0 Å². The molecule has 92 valence electrons. The van der Waals surface area contributed by atoms with E-state index in [1.54, 1.807) is 13.0 Å². The highest BCUT2D eigenvalue weighted by atomic mass is 32.2. The van der Waals surface area contributed by atoms with Crippen molar-refractivity contribution < 1.29 is 8.42 Å². The lowest BCUT2D eigenvalue weighted by molar-refractivity contribution is 0.593. The van der Waals surface area contributed by atoms with Gasteiger partial charge in [0.2, 0.25) is 0 Å². The van der Waals surface area contributed by atoms with Crippen LogP contribution in [0.5, 0.6) is 0 Å². The van der Waals surface area contributed by atoms with E-state index < -0.39 is 15.3 Å². The largest absolute Gasteiger partial charge is 0.258 e. The summed E-state index contributed by atoms with van der Waals surface area (Å²) >= 11 is 1.27. The van der Waals surface area contributed by atoms with E-state index in [-0.39, 0.29) is 6.42 Å². The zero-order valence-electron chi connectivity index (χ0n) is 9.38. The van der Waals surface area contributed by atoms with Gasteiger partial charge in [0.15, 0.2) is 10.4 Å². The first-order chi connectivity index (χ1) is 8.06. The topological polar surface area (TPSA) is 82.8 Å². The zero-order valence-corrected chi connectivity index (χ0v) is 11.0. The molecule has 0 radical (unpaired) electrons. The molecule has 0 aliphatic heterocycles. The number of sulfonamides is 1. The van der Waals surface area contributed by atoms with Crippen molar-refractivity contribution in [2.45, 2.75) is 37.4 Å². The number of nitrogens with zero attached hydrogens (tertiary/aromatic N) is 2. The second-order valence-electron chi connectivity index (χ2n) is 4.02. The van der Waals surface area contributed by atoms with E-state index >= 15 is 0 Å². The third kappa shape index (κ3) is 2.76. The van der Waals surface area contributed by atoms with Crippen molar-refractivity contribution in [1.29, 1.82) is 5.26 Å². The Hall–Kier alpha value is -1.13. The lowest BCUT2D eigenvalue weighted by Crippen LogP contribution is -2.25. The van der Waals surface area contributed by atoms with Crippen molar-refractivity contribution in [1.82, 2.24) is 4.98 Å². The average Bonchev–Trinajstić information content (AvgIpc) is 3.02. The monoisotopic (exact) mass is 271 g/mol. The third-order valence-corrected chi connectivity index (χ3v) is 5.21. The number of nitrogens with one attached hydrogen (secondary N) is 1. The van der Waals surface area contributed by atoms with Crippen LogP contribution in [0.2, 0.25) is 0 Å². The first-order valence-corrected chi connectivity index (χ1v) is 7.86. The summed E-state index contributed by atoms with van der Waals surface area (Å²) in [5.41, 5.74) is 0.956. The third-order valence-electron chi connectivity index (χ3n) is 2.64. The summed E-state index contributed by atoms with van der Waals surface area (Å²) in [4.78, 5) is 4.23. The highest BCUT2D eigenvalue weighted by molar-refractivity contribution is 7.93. The predicted octanol–water partition coefficient (Wildman–Crippen LogP) is 2.06. The Kier molecular flexibility index (Phi) is 3.35. The lowest BCUT2D eigenvalue weighted by atomic mass is 10.3. The van der Waals surface area contributed by atoms with Crippen molar-refractivity contribution in [3.05, 3.63) is 11.1 Å². The first-order valence-electron chi connectivity index (χ1n) is 5.43. The molecule has 1 fully saturated rings. The van der Waals surface area contributed by atoms with Gasteiger partial charge in [-0.15, -0.1) is 11.3 Å². The summed E-state index contributed by atoms with van der Waals surface area (Å²) in [7, 11) is -3.63. The van der Waals surface area contributed by atoms with Gasteiger partial charge in [0.05, 0.1) is 11.8 Å². The Labute approximate surface area is 105 Å². The summed E-state index contributed by atoms with van der Waals surface area (Å²) in [6.07, 6.45) is 2.53. The van der Waals surface area contributed by atoms with E-state index in [9.17, 15) is 8.42 Å². The predicted molar refractivity (Wildman–Crippen MR) is 66.3 cm³/mol. The van der Waals surface area contributed by atoms with Crippen molar-refractivity contribution in [3.8, 4) is 6.07 Å². The molecule has 1 unspecified atom stereocenters. The number of thiazole rings is 1. The Morgan fingerprint density at radius 3 is 2.94 bits per heavy atom. The van der Waals surface area contributed by atoms with Crippen LogP contribution in [0.25, 0.3) is 0 Å². The highest BCUT2D eigenvalue weighted by Crippen LogP contribution is 2.41. The van der Waals surface area contributed by atoms with Crippen LogP contribution in [0.4, 0.5) is 5.13 Å². The smallest absolute Gasteiger partial charge is 0.250 e. The second kappa shape index (κ2) is 4.63. The van der Waals surface area contributed by atoms with Gasteiger partial charge in [-0.05, 0) is 19.3 Å². The van der Waals surface area contributed by atoms with Gasteiger partial charge in [-0.3, -0.25) is 4.72 Å². The molecule has 1 saturated carbocycles. The highest BCUT2D eigenvalue weighted by Gasteiger charge is 2.28. The zero-order chi connectivity index (χ0) is 12.5. The Balaban J connectivity index is 2.11. The number of hydrogen-bond acceptors (Lipinski definition) is 5. The molecule has 7 heteroatoms. The maximum Gasteiger partial charge on any atom is 0.250 e. The van der Waals surface area contributed by atoms with E-state index in [2.05, 4.69) is 9.71 Å². The molecule has 2 rings (SSSR count). The minimum absolute atomic E-state index is 0.271. The molecule has 17 heavy (non-hydrogen) atoms. The summed E-state index contributed by atoms with van der Waals surface area (Å²) in [6.45, 7) is 1.67. The van der Waals surface area contributed by atoms with Gasteiger partial charge in [0.25, 0.3) is 10.0 Å². The summed E-state index contributed by atoms with van der Waals surface area (Å²) in [5, 5.41) is 9.98. The number of hydrogen-bond donors (Lipinski definition) is 1. The van der Waals surface area contributed by atoms with Crippen molar-refractivity contribution in [2.24, 2.45) is 0 Å². The summed E-state index contributed by atoms with van der Waals surface area (Å²) in [6, 6.07) is 1.78. The fourth-order valence-corrected chi connectivity index (χ4v) is 3.66. The second-order valence-corrected chi connectivity index (χ2v) is 6.75. The van der Waals surface area contributed by atoms with Crippen LogP contribution >= 0.6 is 11.3 Å². The maximum atomic E-state index is 11.8. The molecule has 1 atom stereocenters. The van der Waals surface area contributed by atoms with Gasteiger partial charge in [-0.1, -0.05) is 6.92 Å². The van der Waals surface area contributed by atoms with Gasteiger partial charge in [0, 0.05) is 11.3 Å². The van der Waals surface area contributed by atoms with Crippen LogP contribution in [-0.2, 0) is 10.0 Å². The van der Waals surface area contributed by atoms with Crippen LogP contribution in [0.15, 0.2) is 5.38 Å². The molecule has 1 aliphatic rings. The van der Waals surface area contributed by atoms with Crippen LogP contribution in [0, 0.1) is 11.3 Å². The standard InChI is InChI=1S/C10H13N3O2S2/c1-2-8(5-11)17(14,15)13-10-12-9(6-16-10)7-3-4-7/h6-8H,2-4H2,1H3,(H,12,13). The summed E-state index contributed by atoms with van der Waals surface area (Å²) in [5.74, 6) is 0.502. The molecular formula is C10H13N3O2S2. The number of anilines is 1. The molecule has 1 N–H and O–H groups in total. The number of nitriles is 1. The molecule has 0 amide bonds. The molecular weight excluding hydrogens is 258 g/mol. The molecule has 0 bridgehead atoms. The molecule has 5 nitrogen and oxygen atoms in total. The Morgan fingerprint density at radius 2 is 2.41 bits per heavy atom. The SMILES string of the molecule is CCC(C#N)S(=O)(=O)Nc1nc(C2CC2)cs1. The first kappa shape index (κ1) is 12.3. The Morgan fingerprint density at radius 1 is 1.71 bits per heavy atom. The van der Waals surface area contributed by atoms with Gasteiger partial charge < -0.3 is 0 Å². The van der Waals surface area contributed by atoms with Crippen LogP contribution in [0.1, 0.15) is 37.8 Å². The van der Waals surface area contributed by atoms with Crippen molar-refractivity contribution in [2.75, 3.05) is 4.72 Å². The molecule has 0 spiro atoms. The summed E-state index contributed by atoms with van der Waals surface area (Å²) < 4.78 is 26.0. The van der Waals surface area contributed by atoms with Gasteiger partial charge >= 0.3 is 0 Å². The fraction of sp³-hybridized carbons (Fsp3) is 0.600. The van der Waals surface area contributed by atoms with E-state index in [0.29, 0.717) is 11.0 Å². The van der Waals surface area contributed by atoms with Crippen LogP contribution < -0.4 is 4.72 Å². The fourth-order valence-electron chi connectivity index (χ4n) is 1.47. The van der Waals surface area contributed by atoms with E-state index in [1.807, 2.05) is 5.38 Å². The van der Waals surface area contributed by atoms with Crippen molar-refractivity contribution >= 4 is 26.5 Å². The Bertz CT molecular complexity index is 540. The molecule has 1 aromatic rings. The minimum Gasteiger partial charge on any atom is -0.258 e. The number of rotatable bonds is 5. The molecule has 1 aliphatic carbocycles. The van der Waals surface area contributed by atoms with Crippen molar-refractivity contribution in [3.63, 3.8) is 0 Å². The molecule has 1 aromatic heterocycles. The average molecular weight is 271 g/mol. The lowest BCUT2D eigenvalue weighted by Gasteiger charge is -2.08. The van der Waals surface area contributed by atoms with E-state index in [1.165, 1.54) is 11.3 Å². The van der Waals surface area contributed by atoms with Gasteiger partial charge in [-0.25, -0.2) is 13.4 Å². The molecule has 0 aromatic carbocycles. The van der Waals surface area contributed by atoms with Crippen LogP contribution in [-0.4, -0.2) is 18.7 Å².